The second-order valence-corrected chi connectivity index (χ2v) is 2.81. The summed E-state index contributed by atoms with van der Waals surface area (Å²) in [5.74, 6) is 0. The van der Waals surface area contributed by atoms with Gasteiger partial charge in [-0.1, -0.05) is 17.6 Å². The molecule has 1 heterocycles. The Balaban J connectivity index is 2.43. The van der Waals surface area contributed by atoms with Crippen molar-refractivity contribution in [3.05, 3.63) is 43.0 Å². The number of benzene rings is 1. The third kappa shape index (κ3) is 1.26. The average molecular weight is 156 g/mol. The van der Waals surface area contributed by atoms with Crippen LogP contribution in [0.4, 0.5) is 0 Å². The van der Waals surface area contributed by atoms with E-state index in [-0.39, 0.29) is 0 Å². The quantitative estimate of drug-likeness (QED) is 0.536. The Morgan fingerprint density at radius 2 is 1.92 bits per heavy atom. The molecule has 2 rings (SSSR count). The maximum Gasteiger partial charge on any atom is 0.139 e. The Labute approximate surface area is 72.3 Å². The average Bonchev–Trinajstić information content (AvgIpc) is 2.58. The predicted octanol–water partition coefficient (Wildman–Crippen LogP) is 0.131. The van der Waals surface area contributed by atoms with Crippen molar-refractivity contribution in [1.82, 2.24) is 9.55 Å². The molecule has 0 spiro atoms. The van der Waals surface area contributed by atoms with E-state index in [1.54, 1.807) is 12.5 Å². The molecule has 0 saturated carbocycles. The maximum absolute atomic E-state index is 3.98. The fraction of sp³-hybridized carbons (Fsp3) is 0. The summed E-state index contributed by atoms with van der Waals surface area (Å²) < 4.78 is 1.99. The van der Waals surface area contributed by atoms with E-state index >= 15 is 0 Å². The highest BCUT2D eigenvalue weighted by Crippen LogP contribution is 2.03. The zero-order valence-corrected chi connectivity index (χ0v) is 6.94. The van der Waals surface area contributed by atoms with Gasteiger partial charge in [-0.2, -0.15) is 0 Å². The van der Waals surface area contributed by atoms with Crippen LogP contribution in [-0.2, 0) is 0 Å². The Kier molecular flexibility index (Phi) is 1.70. The smallest absolute Gasteiger partial charge is 0.139 e. The highest BCUT2D eigenvalue weighted by atomic mass is 15.0. The van der Waals surface area contributed by atoms with Gasteiger partial charge in [0.1, 0.15) is 7.85 Å². The zero-order valence-electron chi connectivity index (χ0n) is 6.94. The number of hydrogen-bond donors (Lipinski definition) is 0. The molecule has 0 amide bonds. The SMILES string of the molecule is Bc1ccc(-n2ccnc2)cc1. The van der Waals surface area contributed by atoms with Crippen molar-refractivity contribution in [2.75, 3.05) is 0 Å². The minimum atomic E-state index is 1.15. The lowest BCUT2D eigenvalue weighted by Gasteiger charge is -2.00. The first-order valence-corrected chi connectivity index (χ1v) is 3.91. The largest absolute Gasteiger partial charge is 0.306 e. The van der Waals surface area contributed by atoms with Gasteiger partial charge >= 0.3 is 0 Å². The lowest BCUT2D eigenvalue weighted by molar-refractivity contribution is 1.06. The van der Waals surface area contributed by atoms with E-state index in [0.29, 0.717) is 0 Å². The molecule has 1 aromatic heterocycles. The molecule has 58 valence electrons. The normalized spacial score (nSPS) is 10.0. The van der Waals surface area contributed by atoms with Crippen LogP contribution in [0.2, 0.25) is 0 Å². The minimum Gasteiger partial charge on any atom is -0.306 e. The molecular formula is C9H9BN2. The molecule has 2 aromatic rings. The minimum absolute atomic E-state index is 1.15. The van der Waals surface area contributed by atoms with Gasteiger partial charge in [-0.15, -0.1) is 0 Å². The van der Waals surface area contributed by atoms with Gasteiger partial charge in [0, 0.05) is 18.1 Å². The second kappa shape index (κ2) is 2.85. The Morgan fingerprint density at radius 1 is 1.17 bits per heavy atom. The monoisotopic (exact) mass is 156 g/mol. The molecule has 3 heteroatoms. The lowest BCUT2D eigenvalue weighted by atomic mass is 9.96. The number of rotatable bonds is 1. The standard InChI is InChI=1S/C9H9BN2/c10-8-1-3-9(4-2-8)12-6-5-11-7-12/h1-7H,10H2. The first kappa shape index (κ1) is 7.16. The van der Waals surface area contributed by atoms with Gasteiger partial charge in [-0.05, 0) is 12.1 Å². The molecule has 2 nitrogen and oxygen atoms in total. The number of imidazole rings is 1. The number of aromatic nitrogens is 2. The van der Waals surface area contributed by atoms with Crippen LogP contribution in [0, 0.1) is 0 Å². The Hall–Kier alpha value is -1.51. The molecule has 0 saturated heterocycles. The summed E-state index contributed by atoms with van der Waals surface area (Å²) in [6, 6.07) is 8.35. The van der Waals surface area contributed by atoms with E-state index in [4.69, 9.17) is 0 Å². The van der Waals surface area contributed by atoms with Gasteiger partial charge in [-0.25, -0.2) is 4.98 Å². The van der Waals surface area contributed by atoms with Crippen LogP contribution >= 0.6 is 0 Å². The molecule has 12 heavy (non-hydrogen) atoms. The van der Waals surface area contributed by atoms with Crippen molar-refractivity contribution in [3.63, 3.8) is 0 Å². The summed E-state index contributed by atoms with van der Waals surface area (Å²) >= 11 is 0. The first-order chi connectivity index (χ1) is 5.86. The predicted molar refractivity (Wildman–Crippen MR) is 51.7 cm³/mol. The van der Waals surface area contributed by atoms with Crippen LogP contribution < -0.4 is 5.46 Å². The molecular weight excluding hydrogens is 147 g/mol. The van der Waals surface area contributed by atoms with E-state index in [9.17, 15) is 0 Å². The zero-order chi connectivity index (χ0) is 8.39. The summed E-state index contributed by atoms with van der Waals surface area (Å²) in [4.78, 5) is 3.98. The van der Waals surface area contributed by atoms with Crippen molar-refractivity contribution >= 4 is 13.3 Å². The Morgan fingerprint density at radius 3 is 2.50 bits per heavy atom. The van der Waals surface area contributed by atoms with Crippen molar-refractivity contribution in [2.45, 2.75) is 0 Å². The number of nitrogens with zero attached hydrogens (tertiary/aromatic N) is 2. The van der Waals surface area contributed by atoms with Crippen molar-refractivity contribution in [1.29, 1.82) is 0 Å². The summed E-state index contributed by atoms with van der Waals surface area (Å²) in [5.41, 5.74) is 2.43. The van der Waals surface area contributed by atoms with Gasteiger partial charge in [0.2, 0.25) is 0 Å². The highest BCUT2D eigenvalue weighted by molar-refractivity contribution is 6.32. The molecule has 1 aromatic carbocycles. The molecule has 0 aliphatic rings. The van der Waals surface area contributed by atoms with Crippen LogP contribution in [0.15, 0.2) is 43.0 Å². The summed E-state index contributed by atoms with van der Waals surface area (Å²) in [5, 5.41) is 0. The van der Waals surface area contributed by atoms with E-state index < -0.39 is 0 Å². The van der Waals surface area contributed by atoms with Gasteiger partial charge in [-0.3, -0.25) is 0 Å². The highest BCUT2D eigenvalue weighted by Gasteiger charge is 1.92. The summed E-state index contributed by atoms with van der Waals surface area (Å²) in [6.07, 6.45) is 5.51. The lowest BCUT2D eigenvalue weighted by Crippen LogP contribution is -2.01. The maximum atomic E-state index is 3.98. The van der Waals surface area contributed by atoms with E-state index in [2.05, 4.69) is 37.1 Å². The van der Waals surface area contributed by atoms with Crippen LogP contribution in [0.5, 0.6) is 0 Å². The molecule has 0 fully saturated rings. The molecule has 0 aliphatic carbocycles. The van der Waals surface area contributed by atoms with Gasteiger partial charge in [0.25, 0.3) is 0 Å². The third-order valence-electron chi connectivity index (χ3n) is 1.84. The topological polar surface area (TPSA) is 17.8 Å². The summed E-state index contributed by atoms with van der Waals surface area (Å²) in [6.45, 7) is 0. The molecule has 0 atom stereocenters. The van der Waals surface area contributed by atoms with E-state index in [0.717, 1.165) is 5.69 Å². The van der Waals surface area contributed by atoms with Gasteiger partial charge in [0.05, 0.1) is 6.33 Å². The fourth-order valence-electron chi connectivity index (χ4n) is 1.13. The molecule has 0 radical (unpaired) electrons. The summed E-state index contributed by atoms with van der Waals surface area (Å²) in [7, 11) is 2.08. The molecule has 0 aliphatic heterocycles. The second-order valence-electron chi connectivity index (χ2n) is 2.81. The molecule has 0 unspecified atom stereocenters. The molecule has 0 bridgehead atoms. The fourth-order valence-corrected chi connectivity index (χ4v) is 1.13. The van der Waals surface area contributed by atoms with Crippen molar-refractivity contribution in [3.8, 4) is 5.69 Å². The van der Waals surface area contributed by atoms with Crippen molar-refractivity contribution < 1.29 is 0 Å². The third-order valence-corrected chi connectivity index (χ3v) is 1.84. The van der Waals surface area contributed by atoms with E-state index in [1.807, 2.05) is 10.8 Å². The molecule has 0 N–H and O–H groups in total. The van der Waals surface area contributed by atoms with Crippen LogP contribution in [-0.4, -0.2) is 17.4 Å². The van der Waals surface area contributed by atoms with Gasteiger partial charge in [0.15, 0.2) is 0 Å². The van der Waals surface area contributed by atoms with Crippen LogP contribution in [0.25, 0.3) is 5.69 Å². The van der Waals surface area contributed by atoms with E-state index in [1.165, 1.54) is 5.46 Å². The van der Waals surface area contributed by atoms with Crippen LogP contribution in [0.3, 0.4) is 0 Å². The Bertz CT molecular complexity index is 351. The first-order valence-electron chi connectivity index (χ1n) is 3.91. The van der Waals surface area contributed by atoms with Crippen molar-refractivity contribution in [2.24, 2.45) is 0 Å². The van der Waals surface area contributed by atoms with Gasteiger partial charge < -0.3 is 4.57 Å². The number of hydrogen-bond acceptors (Lipinski definition) is 1. The van der Waals surface area contributed by atoms with Crippen LogP contribution in [0.1, 0.15) is 0 Å².